The fraction of sp³-hybridized carbons (Fsp3) is 0.368. The zero-order chi connectivity index (χ0) is 19.3. The van der Waals surface area contributed by atoms with Crippen LogP contribution in [0.25, 0.3) is 0 Å². The summed E-state index contributed by atoms with van der Waals surface area (Å²) < 4.78 is 57.7. The summed E-state index contributed by atoms with van der Waals surface area (Å²) in [4.78, 5) is 2.04. The van der Waals surface area contributed by atoms with Crippen molar-refractivity contribution in [3.8, 4) is 5.75 Å². The number of sulfonamides is 1. The highest BCUT2D eigenvalue weighted by atomic mass is 32.2. The zero-order valence-corrected chi connectivity index (χ0v) is 15.7. The molecule has 1 fully saturated rings. The Hall–Kier alpha value is -2.19. The van der Waals surface area contributed by atoms with E-state index < -0.39 is 10.0 Å². The molecule has 0 unspecified atom stereocenters. The van der Waals surface area contributed by atoms with Crippen LogP contribution in [0.4, 0.5) is 14.5 Å². The van der Waals surface area contributed by atoms with Gasteiger partial charge in [0, 0.05) is 31.9 Å². The number of nitrogens with zero attached hydrogens (tertiary/aromatic N) is 2. The van der Waals surface area contributed by atoms with E-state index in [-0.39, 0.29) is 24.0 Å². The molecule has 1 aliphatic heterocycles. The van der Waals surface area contributed by atoms with Gasteiger partial charge >= 0.3 is 0 Å². The molecule has 146 valence electrons. The zero-order valence-electron chi connectivity index (χ0n) is 14.9. The number of halogens is 2. The minimum absolute atomic E-state index is 0.00471. The highest BCUT2D eigenvalue weighted by molar-refractivity contribution is 7.89. The summed E-state index contributed by atoms with van der Waals surface area (Å²) in [6.45, 7) is 2.19. The molecule has 2 aromatic rings. The minimum Gasteiger partial charge on any atom is -0.494 e. The molecule has 0 aromatic heterocycles. The Balaban J connectivity index is 1.44. The second-order valence-corrected chi connectivity index (χ2v) is 8.42. The predicted octanol–water partition coefficient (Wildman–Crippen LogP) is 2.89. The highest BCUT2D eigenvalue weighted by Crippen LogP contribution is 2.18. The van der Waals surface area contributed by atoms with E-state index in [2.05, 4.69) is 0 Å². The van der Waals surface area contributed by atoms with Gasteiger partial charge in [0.25, 0.3) is 0 Å². The number of anilines is 1. The van der Waals surface area contributed by atoms with Crippen LogP contribution >= 0.6 is 0 Å². The monoisotopic (exact) mass is 396 g/mol. The van der Waals surface area contributed by atoms with E-state index in [1.54, 1.807) is 12.1 Å². The number of piperazine rings is 1. The normalized spacial score (nSPS) is 15.7. The van der Waals surface area contributed by atoms with Crippen molar-refractivity contribution >= 4 is 15.7 Å². The first-order valence-corrected chi connectivity index (χ1v) is 10.4. The molecule has 2 aromatic carbocycles. The van der Waals surface area contributed by atoms with Gasteiger partial charge in [0.2, 0.25) is 10.0 Å². The smallest absolute Gasteiger partial charge is 0.214 e. The summed E-state index contributed by atoms with van der Waals surface area (Å²) in [5.74, 6) is -0.112. The minimum atomic E-state index is -3.35. The van der Waals surface area contributed by atoms with E-state index in [9.17, 15) is 17.2 Å². The lowest BCUT2D eigenvalue weighted by Crippen LogP contribution is -2.49. The van der Waals surface area contributed by atoms with Crippen LogP contribution in [0.1, 0.15) is 6.42 Å². The standard InChI is InChI=1S/C19H22F2N2O3S/c20-16-2-6-18(7-3-16)22-10-12-23(13-11-22)27(24,25)15-1-14-26-19-8-4-17(21)5-9-19/h2-9H,1,10-15H2. The summed E-state index contributed by atoms with van der Waals surface area (Å²) in [5.41, 5.74) is 0.890. The van der Waals surface area contributed by atoms with Crippen molar-refractivity contribution in [2.24, 2.45) is 0 Å². The van der Waals surface area contributed by atoms with Crippen molar-refractivity contribution in [3.63, 3.8) is 0 Å². The molecule has 0 bridgehead atoms. The first-order chi connectivity index (χ1) is 12.9. The molecular formula is C19H22F2N2O3S. The number of rotatable bonds is 7. The average molecular weight is 396 g/mol. The summed E-state index contributed by atoms with van der Waals surface area (Å²) in [6, 6.07) is 11.8. The fourth-order valence-electron chi connectivity index (χ4n) is 2.97. The third-order valence-electron chi connectivity index (χ3n) is 4.45. The van der Waals surface area contributed by atoms with Crippen LogP contribution in [-0.2, 0) is 10.0 Å². The molecule has 27 heavy (non-hydrogen) atoms. The van der Waals surface area contributed by atoms with Gasteiger partial charge in [0.15, 0.2) is 0 Å². The molecule has 1 saturated heterocycles. The maximum atomic E-state index is 13.0. The molecule has 0 spiro atoms. The number of hydrogen-bond donors (Lipinski definition) is 0. The molecule has 1 aliphatic rings. The molecular weight excluding hydrogens is 374 g/mol. The summed E-state index contributed by atoms with van der Waals surface area (Å²) in [5, 5.41) is 0. The Kier molecular flexibility index (Phi) is 6.28. The molecule has 0 amide bonds. The lowest BCUT2D eigenvalue weighted by molar-refractivity contribution is 0.314. The van der Waals surface area contributed by atoms with E-state index in [4.69, 9.17) is 4.74 Å². The van der Waals surface area contributed by atoms with Gasteiger partial charge in [-0.2, -0.15) is 4.31 Å². The first kappa shape index (κ1) is 19.6. The summed E-state index contributed by atoms with van der Waals surface area (Å²) >= 11 is 0. The summed E-state index contributed by atoms with van der Waals surface area (Å²) in [6.07, 6.45) is 0.359. The maximum Gasteiger partial charge on any atom is 0.214 e. The van der Waals surface area contributed by atoms with Gasteiger partial charge in [-0.15, -0.1) is 0 Å². The van der Waals surface area contributed by atoms with E-state index in [1.807, 2.05) is 4.90 Å². The van der Waals surface area contributed by atoms with Crippen LogP contribution < -0.4 is 9.64 Å². The number of benzene rings is 2. The van der Waals surface area contributed by atoms with E-state index in [1.165, 1.54) is 40.7 Å². The highest BCUT2D eigenvalue weighted by Gasteiger charge is 2.26. The summed E-state index contributed by atoms with van der Waals surface area (Å²) in [7, 11) is -3.35. The van der Waals surface area contributed by atoms with Crippen molar-refractivity contribution < 1.29 is 21.9 Å². The van der Waals surface area contributed by atoms with E-state index >= 15 is 0 Å². The molecule has 0 radical (unpaired) electrons. The van der Waals surface area contributed by atoms with Crippen LogP contribution in [0.5, 0.6) is 5.75 Å². The van der Waals surface area contributed by atoms with Gasteiger partial charge in [-0.3, -0.25) is 0 Å². The van der Waals surface area contributed by atoms with Gasteiger partial charge in [-0.25, -0.2) is 17.2 Å². The molecule has 0 atom stereocenters. The molecule has 0 aliphatic carbocycles. The van der Waals surface area contributed by atoms with Crippen molar-refractivity contribution in [2.75, 3.05) is 43.4 Å². The Morgan fingerprint density at radius 3 is 2.00 bits per heavy atom. The van der Waals surface area contributed by atoms with Crippen LogP contribution in [0, 0.1) is 11.6 Å². The SMILES string of the molecule is O=S(=O)(CCCOc1ccc(F)cc1)N1CCN(c2ccc(F)cc2)CC1. The number of hydrogen-bond acceptors (Lipinski definition) is 4. The largest absolute Gasteiger partial charge is 0.494 e. The molecule has 1 heterocycles. The van der Waals surface area contributed by atoms with Crippen LogP contribution in [-0.4, -0.2) is 51.3 Å². The molecule has 8 heteroatoms. The lowest BCUT2D eigenvalue weighted by Gasteiger charge is -2.35. The van der Waals surface area contributed by atoms with Crippen LogP contribution in [0.15, 0.2) is 48.5 Å². The Morgan fingerprint density at radius 2 is 1.41 bits per heavy atom. The van der Waals surface area contributed by atoms with Gasteiger partial charge in [0.1, 0.15) is 17.4 Å². The van der Waals surface area contributed by atoms with E-state index in [0.717, 1.165) is 5.69 Å². The van der Waals surface area contributed by atoms with Gasteiger partial charge in [-0.1, -0.05) is 0 Å². The van der Waals surface area contributed by atoms with Gasteiger partial charge < -0.3 is 9.64 Å². The Morgan fingerprint density at radius 1 is 0.852 bits per heavy atom. The third kappa shape index (κ3) is 5.40. The maximum absolute atomic E-state index is 13.0. The van der Waals surface area contributed by atoms with Crippen LogP contribution in [0.3, 0.4) is 0 Å². The average Bonchev–Trinajstić information content (AvgIpc) is 2.67. The Labute approximate surface area is 158 Å². The second-order valence-electron chi connectivity index (χ2n) is 6.33. The van der Waals surface area contributed by atoms with Gasteiger partial charge in [0.05, 0.1) is 12.4 Å². The lowest BCUT2D eigenvalue weighted by atomic mass is 10.2. The Bertz CT molecular complexity index is 834. The van der Waals surface area contributed by atoms with E-state index in [0.29, 0.717) is 38.3 Å². The van der Waals surface area contributed by atoms with Gasteiger partial charge in [-0.05, 0) is 55.0 Å². The quantitative estimate of drug-likeness (QED) is 0.676. The van der Waals surface area contributed by atoms with Crippen molar-refractivity contribution in [1.82, 2.24) is 4.31 Å². The third-order valence-corrected chi connectivity index (χ3v) is 6.41. The van der Waals surface area contributed by atoms with Crippen molar-refractivity contribution in [3.05, 3.63) is 60.2 Å². The van der Waals surface area contributed by atoms with Crippen LogP contribution in [0.2, 0.25) is 0 Å². The first-order valence-electron chi connectivity index (χ1n) is 8.81. The molecule has 3 rings (SSSR count). The fourth-order valence-corrected chi connectivity index (χ4v) is 4.43. The topological polar surface area (TPSA) is 49.9 Å². The second kappa shape index (κ2) is 8.67. The number of ether oxygens (including phenoxy) is 1. The molecule has 0 saturated carbocycles. The predicted molar refractivity (Wildman–Crippen MR) is 100 cm³/mol. The van der Waals surface area contributed by atoms with Crippen molar-refractivity contribution in [2.45, 2.75) is 6.42 Å². The van der Waals surface area contributed by atoms with Crippen molar-refractivity contribution in [1.29, 1.82) is 0 Å². The molecule has 0 N–H and O–H groups in total. The molecule has 5 nitrogen and oxygen atoms in total.